The van der Waals surface area contributed by atoms with Crippen molar-refractivity contribution < 1.29 is 14.3 Å². The Labute approximate surface area is 146 Å². The molecule has 5 heteroatoms. The molecule has 0 aliphatic rings. The number of hydrogen-bond donors (Lipinski definition) is 0. The van der Waals surface area contributed by atoms with Gasteiger partial charge in [0.1, 0.15) is 17.6 Å². The zero-order chi connectivity index (χ0) is 17.5. The SMILES string of the molecule is CC[C@H](C)COc1ccc(C(=O)Oc2ccc(Cl)cc2C#N)cc1. The van der Waals surface area contributed by atoms with E-state index in [9.17, 15) is 4.79 Å². The summed E-state index contributed by atoms with van der Waals surface area (Å²) in [5.41, 5.74) is 0.592. The first-order valence-corrected chi connectivity index (χ1v) is 8.06. The highest BCUT2D eigenvalue weighted by molar-refractivity contribution is 6.30. The fourth-order valence-electron chi connectivity index (χ4n) is 1.88. The topological polar surface area (TPSA) is 59.3 Å². The molecule has 2 aromatic carbocycles. The van der Waals surface area contributed by atoms with Crippen molar-refractivity contribution in [1.82, 2.24) is 0 Å². The summed E-state index contributed by atoms with van der Waals surface area (Å²) in [6, 6.07) is 13.2. The molecule has 0 fully saturated rings. The molecule has 0 aliphatic carbocycles. The lowest BCUT2D eigenvalue weighted by atomic mass is 10.1. The van der Waals surface area contributed by atoms with Gasteiger partial charge in [-0.3, -0.25) is 0 Å². The van der Waals surface area contributed by atoms with E-state index in [1.165, 1.54) is 12.1 Å². The van der Waals surface area contributed by atoms with E-state index in [4.69, 9.17) is 26.3 Å². The summed E-state index contributed by atoms with van der Waals surface area (Å²) >= 11 is 5.82. The summed E-state index contributed by atoms with van der Waals surface area (Å²) < 4.78 is 10.9. The molecule has 24 heavy (non-hydrogen) atoms. The number of nitrogens with zero attached hydrogens (tertiary/aromatic N) is 1. The summed E-state index contributed by atoms with van der Waals surface area (Å²) in [6.45, 7) is 4.86. The van der Waals surface area contributed by atoms with Crippen LogP contribution in [0.15, 0.2) is 42.5 Å². The number of ether oxygens (including phenoxy) is 2. The van der Waals surface area contributed by atoms with Crippen molar-refractivity contribution in [2.75, 3.05) is 6.61 Å². The third-order valence-electron chi connectivity index (χ3n) is 3.59. The fourth-order valence-corrected chi connectivity index (χ4v) is 2.05. The van der Waals surface area contributed by atoms with Gasteiger partial charge in [-0.25, -0.2) is 4.79 Å². The molecule has 0 N–H and O–H groups in total. The maximum Gasteiger partial charge on any atom is 0.343 e. The van der Waals surface area contributed by atoms with Crippen LogP contribution in [0.4, 0.5) is 0 Å². The molecule has 124 valence electrons. The average molecular weight is 344 g/mol. The van der Waals surface area contributed by atoms with Gasteiger partial charge in [0.2, 0.25) is 0 Å². The zero-order valence-electron chi connectivity index (χ0n) is 13.6. The van der Waals surface area contributed by atoms with Crippen LogP contribution >= 0.6 is 11.6 Å². The van der Waals surface area contributed by atoms with Crippen LogP contribution in [0, 0.1) is 17.2 Å². The quantitative estimate of drug-likeness (QED) is 0.555. The Morgan fingerprint density at radius 1 is 1.25 bits per heavy atom. The van der Waals surface area contributed by atoms with E-state index in [2.05, 4.69) is 13.8 Å². The van der Waals surface area contributed by atoms with Crippen LogP contribution in [-0.4, -0.2) is 12.6 Å². The lowest BCUT2D eigenvalue weighted by Crippen LogP contribution is -2.10. The molecule has 1 atom stereocenters. The molecule has 2 rings (SSSR count). The molecule has 0 heterocycles. The molecule has 0 saturated carbocycles. The molecule has 0 amide bonds. The van der Waals surface area contributed by atoms with Crippen molar-refractivity contribution in [2.24, 2.45) is 5.92 Å². The highest BCUT2D eigenvalue weighted by atomic mass is 35.5. The van der Waals surface area contributed by atoms with Gasteiger partial charge in [-0.15, -0.1) is 0 Å². The van der Waals surface area contributed by atoms with E-state index in [-0.39, 0.29) is 11.3 Å². The first kappa shape index (κ1) is 17.8. The maximum absolute atomic E-state index is 12.2. The Morgan fingerprint density at radius 2 is 1.96 bits per heavy atom. The van der Waals surface area contributed by atoms with E-state index < -0.39 is 5.97 Å². The Bertz CT molecular complexity index is 750. The van der Waals surface area contributed by atoms with E-state index >= 15 is 0 Å². The molecule has 0 spiro atoms. The van der Waals surface area contributed by atoms with E-state index in [0.29, 0.717) is 28.9 Å². The minimum Gasteiger partial charge on any atom is -0.493 e. The summed E-state index contributed by atoms with van der Waals surface area (Å²) in [5.74, 6) is 0.825. The minimum atomic E-state index is -0.540. The number of hydrogen-bond acceptors (Lipinski definition) is 4. The standard InChI is InChI=1S/C19H18ClNO3/c1-3-13(2)12-23-17-7-4-14(5-8-17)19(22)24-18-9-6-16(20)10-15(18)11-21/h4-10,13H,3,12H2,1-2H3/t13-/m0/s1. The second-order valence-corrected chi connectivity index (χ2v) is 5.93. The second-order valence-electron chi connectivity index (χ2n) is 5.49. The molecule has 0 unspecified atom stereocenters. The minimum absolute atomic E-state index is 0.184. The number of carbonyl (C=O) groups excluding carboxylic acids is 1. The normalized spacial score (nSPS) is 11.4. The van der Waals surface area contributed by atoms with Gasteiger partial charge in [-0.2, -0.15) is 5.26 Å². The van der Waals surface area contributed by atoms with E-state index in [1.807, 2.05) is 6.07 Å². The van der Waals surface area contributed by atoms with Crippen LogP contribution < -0.4 is 9.47 Å². The first-order valence-electron chi connectivity index (χ1n) is 7.68. The third-order valence-corrected chi connectivity index (χ3v) is 3.82. The molecular formula is C19H18ClNO3. The first-order chi connectivity index (χ1) is 11.5. The van der Waals surface area contributed by atoms with E-state index in [1.54, 1.807) is 30.3 Å². The Hall–Kier alpha value is -2.51. The molecular weight excluding hydrogens is 326 g/mol. The molecule has 0 aliphatic heterocycles. The van der Waals surface area contributed by atoms with Crippen molar-refractivity contribution in [2.45, 2.75) is 20.3 Å². The molecule has 0 bridgehead atoms. The molecule has 0 saturated heterocycles. The number of carbonyl (C=O) groups is 1. The predicted molar refractivity (Wildman–Crippen MR) is 92.5 cm³/mol. The van der Waals surface area contributed by atoms with Gasteiger partial charge in [-0.05, 0) is 48.4 Å². The van der Waals surface area contributed by atoms with Crippen LogP contribution in [0.5, 0.6) is 11.5 Å². The van der Waals surface area contributed by atoms with Crippen LogP contribution in [0.3, 0.4) is 0 Å². The van der Waals surface area contributed by atoms with Gasteiger partial charge in [0.15, 0.2) is 0 Å². The third kappa shape index (κ3) is 4.74. The summed E-state index contributed by atoms with van der Waals surface area (Å²) in [6.07, 6.45) is 1.05. The predicted octanol–water partition coefficient (Wildman–Crippen LogP) is 4.86. The number of esters is 1. The van der Waals surface area contributed by atoms with Crippen LogP contribution in [0.2, 0.25) is 5.02 Å². The lowest BCUT2D eigenvalue weighted by molar-refractivity contribution is 0.0734. The largest absolute Gasteiger partial charge is 0.493 e. The maximum atomic E-state index is 12.2. The average Bonchev–Trinajstić information content (AvgIpc) is 2.61. The molecule has 0 aromatic heterocycles. The van der Waals surface area contributed by atoms with Crippen molar-refractivity contribution in [3.63, 3.8) is 0 Å². The van der Waals surface area contributed by atoms with Gasteiger partial charge in [0.25, 0.3) is 0 Å². The van der Waals surface area contributed by atoms with E-state index in [0.717, 1.165) is 6.42 Å². The number of rotatable bonds is 6. The summed E-state index contributed by atoms with van der Waals surface area (Å²) in [7, 11) is 0. The van der Waals surface area contributed by atoms with Crippen molar-refractivity contribution in [3.05, 3.63) is 58.6 Å². The Morgan fingerprint density at radius 3 is 2.58 bits per heavy atom. The summed E-state index contributed by atoms with van der Waals surface area (Å²) in [4.78, 5) is 12.2. The van der Waals surface area contributed by atoms with Gasteiger partial charge >= 0.3 is 5.97 Å². The monoisotopic (exact) mass is 343 g/mol. The van der Waals surface area contributed by atoms with Gasteiger partial charge < -0.3 is 9.47 Å². The number of nitriles is 1. The Balaban J connectivity index is 2.04. The molecule has 2 aromatic rings. The fraction of sp³-hybridized carbons (Fsp3) is 0.263. The zero-order valence-corrected chi connectivity index (χ0v) is 14.3. The summed E-state index contributed by atoms with van der Waals surface area (Å²) in [5, 5.41) is 9.48. The van der Waals surface area contributed by atoms with Crippen molar-refractivity contribution >= 4 is 17.6 Å². The van der Waals surface area contributed by atoms with Crippen LogP contribution in [0.25, 0.3) is 0 Å². The Kier molecular flexibility index (Phi) is 6.22. The van der Waals surface area contributed by atoms with Gasteiger partial charge in [0, 0.05) is 5.02 Å². The van der Waals surface area contributed by atoms with Crippen molar-refractivity contribution in [1.29, 1.82) is 5.26 Å². The number of halogens is 1. The molecule has 0 radical (unpaired) electrons. The van der Waals surface area contributed by atoms with Gasteiger partial charge in [-0.1, -0.05) is 31.9 Å². The van der Waals surface area contributed by atoms with Crippen LogP contribution in [-0.2, 0) is 0 Å². The highest BCUT2D eigenvalue weighted by Crippen LogP contribution is 2.23. The lowest BCUT2D eigenvalue weighted by Gasteiger charge is -2.11. The number of benzene rings is 2. The smallest absolute Gasteiger partial charge is 0.343 e. The van der Waals surface area contributed by atoms with Crippen molar-refractivity contribution in [3.8, 4) is 17.6 Å². The van der Waals surface area contributed by atoms with Crippen LogP contribution in [0.1, 0.15) is 36.2 Å². The van der Waals surface area contributed by atoms with Gasteiger partial charge in [0.05, 0.1) is 17.7 Å². The second kappa shape index (κ2) is 8.37. The molecule has 4 nitrogen and oxygen atoms in total. The highest BCUT2D eigenvalue weighted by Gasteiger charge is 2.12.